The highest BCUT2D eigenvalue weighted by Crippen LogP contribution is 2.36. The zero-order valence-electron chi connectivity index (χ0n) is 16.7. The average Bonchev–Trinajstić information content (AvgIpc) is 3.18. The monoisotopic (exact) mass is 397 g/mol. The highest BCUT2D eigenvalue weighted by atomic mass is 32.1. The lowest BCUT2D eigenvalue weighted by Crippen LogP contribution is -2.52. The first-order valence-electron chi connectivity index (χ1n) is 11.2. The number of nitrogens with zero attached hydrogens (tertiary/aromatic N) is 3. The summed E-state index contributed by atoms with van der Waals surface area (Å²) in [5.74, 6) is 1.59. The molecular weight excluding hydrogens is 366 g/mol. The molecular formula is C23H31N3OS. The van der Waals surface area contributed by atoms with E-state index >= 15 is 0 Å². The summed E-state index contributed by atoms with van der Waals surface area (Å²) < 4.78 is 1.26. The number of likely N-dealkylation sites (tertiary alicyclic amines) is 2. The van der Waals surface area contributed by atoms with Gasteiger partial charge in [0.05, 0.1) is 21.8 Å². The van der Waals surface area contributed by atoms with Gasteiger partial charge in [-0.05, 0) is 63.1 Å². The van der Waals surface area contributed by atoms with Gasteiger partial charge < -0.3 is 4.90 Å². The summed E-state index contributed by atoms with van der Waals surface area (Å²) >= 11 is 1.81. The standard InChI is InChI=1S/C23H31N3OS/c27-22(16-25-13-5-8-17-7-1-3-11-20(17)25)26-14-6-9-18(15-26)23-24-19-10-2-4-12-21(19)28-23/h2,4,10,12,17-18,20H,1,3,5-9,11,13-16H2/t17-,18+,20+/m1/s1. The first kappa shape index (κ1) is 18.6. The number of fused-ring (bicyclic) bond motifs is 2. The molecule has 3 fully saturated rings. The normalized spacial score (nSPS) is 29.0. The van der Waals surface area contributed by atoms with Crippen LogP contribution >= 0.6 is 11.3 Å². The number of hydrogen-bond acceptors (Lipinski definition) is 4. The second-order valence-corrected chi connectivity index (χ2v) is 9.99. The number of rotatable bonds is 3. The van der Waals surface area contributed by atoms with E-state index in [9.17, 15) is 4.79 Å². The van der Waals surface area contributed by atoms with E-state index in [1.165, 1.54) is 48.2 Å². The number of carbonyl (C=O) groups is 1. The molecule has 0 spiro atoms. The molecule has 1 aliphatic carbocycles. The number of amides is 1. The van der Waals surface area contributed by atoms with Crippen molar-refractivity contribution in [1.82, 2.24) is 14.8 Å². The minimum absolute atomic E-state index is 0.344. The van der Waals surface area contributed by atoms with Crippen LogP contribution < -0.4 is 0 Å². The Morgan fingerprint density at radius 3 is 2.79 bits per heavy atom. The van der Waals surface area contributed by atoms with Crippen LogP contribution in [0.1, 0.15) is 62.3 Å². The molecule has 28 heavy (non-hydrogen) atoms. The second-order valence-electron chi connectivity index (χ2n) is 8.92. The van der Waals surface area contributed by atoms with Crippen LogP contribution in [0.25, 0.3) is 10.2 Å². The first-order valence-corrected chi connectivity index (χ1v) is 12.0. The number of hydrogen-bond donors (Lipinski definition) is 0. The fourth-order valence-corrected chi connectivity index (χ4v) is 6.76. The molecule has 0 radical (unpaired) electrons. The van der Waals surface area contributed by atoms with Crippen LogP contribution in [0.2, 0.25) is 0 Å². The maximum absolute atomic E-state index is 13.2. The van der Waals surface area contributed by atoms with Crippen molar-refractivity contribution in [3.05, 3.63) is 29.3 Å². The number of aromatic nitrogens is 1. The maximum Gasteiger partial charge on any atom is 0.236 e. The molecule has 1 aromatic carbocycles. The number of thiazole rings is 1. The van der Waals surface area contributed by atoms with Gasteiger partial charge in [-0.1, -0.05) is 25.0 Å². The summed E-state index contributed by atoms with van der Waals surface area (Å²) in [7, 11) is 0. The van der Waals surface area contributed by atoms with Crippen molar-refractivity contribution in [2.45, 2.75) is 63.3 Å². The molecule has 150 valence electrons. The molecule has 3 heterocycles. The quantitative estimate of drug-likeness (QED) is 0.756. The molecule has 3 aliphatic rings. The zero-order valence-corrected chi connectivity index (χ0v) is 17.5. The molecule has 0 unspecified atom stereocenters. The Morgan fingerprint density at radius 1 is 1.04 bits per heavy atom. The van der Waals surface area contributed by atoms with E-state index < -0.39 is 0 Å². The Kier molecular flexibility index (Phi) is 5.38. The SMILES string of the molecule is O=C(CN1CCC[C@H]2CCCC[C@@H]21)N1CCC[C@H](c2nc3ccccc3s2)C1. The lowest BCUT2D eigenvalue weighted by molar-refractivity contribution is -0.135. The zero-order chi connectivity index (χ0) is 18.9. The summed E-state index contributed by atoms with van der Waals surface area (Å²) in [6, 6.07) is 9.05. The van der Waals surface area contributed by atoms with Crippen LogP contribution in [-0.2, 0) is 4.79 Å². The molecule has 5 rings (SSSR count). The first-order chi connectivity index (χ1) is 13.8. The van der Waals surface area contributed by atoms with Crippen LogP contribution in [0.5, 0.6) is 0 Å². The van der Waals surface area contributed by atoms with Gasteiger partial charge in [0.2, 0.25) is 5.91 Å². The predicted molar refractivity (Wildman–Crippen MR) is 115 cm³/mol. The molecule has 0 bridgehead atoms. The smallest absolute Gasteiger partial charge is 0.236 e. The predicted octanol–water partition coefficient (Wildman–Crippen LogP) is 4.66. The van der Waals surface area contributed by atoms with Gasteiger partial charge in [0, 0.05) is 25.0 Å². The van der Waals surface area contributed by atoms with Gasteiger partial charge in [-0.2, -0.15) is 0 Å². The molecule has 0 N–H and O–H groups in total. The van der Waals surface area contributed by atoms with Crippen molar-refractivity contribution in [1.29, 1.82) is 0 Å². The van der Waals surface area contributed by atoms with Crippen LogP contribution in [0.15, 0.2) is 24.3 Å². The van der Waals surface area contributed by atoms with Crippen LogP contribution in [0.4, 0.5) is 0 Å². The van der Waals surface area contributed by atoms with Gasteiger partial charge in [-0.15, -0.1) is 11.3 Å². The minimum atomic E-state index is 0.344. The molecule has 1 saturated carbocycles. The number of para-hydroxylation sites is 1. The summed E-state index contributed by atoms with van der Waals surface area (Å²) in [5.41, 5.74) is 1.10. The van der Waals surface area contributed by atoms with Crippen molar-refractivity contribution in [3.8, 4) is 0 Å². The van der Waals surface area contributed by atoms with Crippen LogP contribution in [0.3, 0.4) is 0 Å². The van der Waals surface area contributed by atoms with E-state index in [0.717, 1.165) is 43.9 Å². The van der Waals surface area contributed by atoms with E-state index in [4.69, 9.17) is 4.98 Å². The minimum Gasteiger partial charge on any atom is -0.341 e. The second kappa shape index (κ2) is 8.11. The molecule has 3 atom stereocenters. The highest BCUT2D eigenvalue weighted by Gasteiger charge is 2.35. The lowest BCUT2D eigenvalue weighted by atomic mass is 9.78. The Hall–Kier alpha value is -1.46. The molecule has 4 nitrogen and oxygen atoms in total. The molecule has 1 amide bonds. The molecule has 1 aromatic heterocycles. The third-order valence-corrected chi connectivity index (χ3v) is 8.33. The summed E-state index contributed by atoms with van der Waals surface area (Å²) in [5, 5.41) is 1.21. The van der Waals surface area contributed by atoms with Crippen LogP contribution in [0, 0.1) is 5.92 Å². The van der Waals surface area contributed by atoms with Crippen molar-refractivity contribution >= 4 is 27.5 Å². The summed E-state index contributed by atoms with van der Waals surface area (Å²) in [6.07, 6.45) is 10.3. The summed E-state index contributed by atoms with van der Waals surface area (Å²) in [4.78, 5) is 22.7. The topological polar surface area (TPSA) is 36.4 Å². The van der Waals surface area contributed by atoms with Gasteiger partial charge in [0.1, 0.15) is 0 Å². The van der Waals surface area contributed by atoms with Crippen molar-refractivity contribution in [2.24, 2.45) is 5.92 Å². The number of carbonyl (C=O) groups excluding carboxylic acids is 1. The highest BCUT2D eigenvalue weighted by molar-refractivity contribution is 7.18. The van der Waals surface area contributed by atoms with Gasteiger partial charge in [0.15, 0.2) is 0 Å². The maximum atomic E-state index is 13.2. The Bertz CT molecular complexity index is 799. The van der Waals surface area contributed by atoms with Crippen molar-refractivity contribution in [3.63, 3.8) is 0 Å². The third kappa shape index (κ3) is 3.71. The van der Waals surface area contributed by atoms with Gasteiger partial charge in [-0.3, -0.25) is 9.69 Å². The summed E-state index contributed by atoms with van der Waals surface area (Å²) in [6.45, 7) is 3.51. The Morgan fingerprint density at radius 2 is 1.86 bits per heavy atom. The van der Waals surface area contributed by atoms with Gasteiger partial charge in [0.25, 0.3) is 0 Å². The van der Waals surface area contributed by atoms with Crippen molar-refractivity contribution in [2.75, 3.05) is 26.2 Å². The van der Waals surface area contributed by atoms with E-state index in [1.807, 2.05) is 11.3 Å². The molecule has 5 heteroatoms. The van der Waals surface area contributed by atoms with E-state index in [1.54, 1.807) is 0 Å². The molecule has 2 saturated heterocycles. The van der Waals surface area contributed by atoms with Crippen molar-refractivity contribution < 1.29 is 4.79 Å². The number of benzene rings is 1. The van der Waals surface area contributed by atoms with E-state index in [2.05, 4.69) is 34.1 Å². The van der Waals surface area contributed by atoms with Gasteiger partial charge in [-0.25, -0.2) is 4.98 Å². The molecule has 2 aromatic rings. The fraction of sp³-hybridized carbons (Fsp3) is 0.652. The lowest BCUT2D eigenvalue weighted by Gasteiger charge is -2.44. The number of piperidine rings is 2. The Balaban J connectivity index is 1.25. The van der Waals surface area contributed by atoms with Crippen LogP contribution in [-0.4, -0.2) is 52.9 Å². The largest absolute Gasteiger partial charge is 0.341 e. The molecule has 2 aliphatic heterocycles. The third-order valence-electron chi connectivity index (χ3n) is 7.13. The van der Waals surface area contributed by atoms with E-state index in [0.29, 0.717) is 24.4 Å². The van der Waals surface area contributed by atoms with Gasteiger partial charge >= 0.3 is 0 Å². The Labute approximate surface area is 171 Å². The van der Waals surface area contributed by atoms with E-state index in [-0.39, 0.29) is 0 Å². The average molecular weight is 398 g/mol. The fourth-order valence-electron chi connectivity index (χ4n) is 5.67.